The number of carbonyl (C=O) groups excluding carboxylic acids is 3. The van der Waals surface area contributed by atoms with Crippen LogP contribution in [-0.2, 0) is 28.6 Å². The van der Waals surface area contributed by atoms with E-state index in [1.807, 2.05) is 14.1 Å². The van der Waals surface area contributed by atoms with Crippen molar-refractivity contribution >= 4 is 17.9 Å². The van der Waals surface area contributed by atoms with Crippen LogP contribution in [0.4, 0.5) is 0 Å². The molecule has 0 bridgehead atoms. The first-order valence-corrected chi connectivity index (χ1v) is 20.9. The highest BCUT2D eigenvalue weighted by Crippen LogP contribution is 2.23. The lowest BCUT2D eigenvalue weighted by molar-refractivity contribution is -0.150. The second kappa shape index (κ2) is 30.9. The third-order valence-corrected chi connectivity index (χ3v) is 10.1. The standard InChI is InChI=1S/C43H83NO6/c1-34(2)27-29-38(36(5)6)32-48-41(45)24-19-15-11-13-17-22-40(50-43(47)26-21-31-44(9)10)23-18-14-12-16-20-25-42(46)49-33-39(37(7)8)30-28-35(3)4/h34-40H,11-33H2,1-10H3. The van der Waals surface area contributed by atoms with Gasteiger partial charge in [0.15, 0.2) is 0 Å². The minimum absolute atomic E-state index is 0.0268. The van der Waals surface area contributed by atoms with Gasteiger partial charge in [-0.05, 0) is 114 Å². The van der Waals surface area contributed by atoms with Gasteiger partial charge in [0, 0.05) is 19.3 Å². The number of unbranched alkanes of at least 4 members (excludes halogenated alkanes) is 8. The monoisotopic (exact) mass is 710 g/mol. The number of hydrogen-bond donors (Lipinski definition) is 0. The minimum atomic E-state index is -0.0818. The maximum absolute atomic E-state index is 12.6. The smallest absolute Gasteiger partial charge is 0.306 e. The van der Waals surface area contributed by atoms with Crippen molar-refractivity contribution in [3.8, 4) is 0 Å². The normalized spacial score (nSPS) is 13.7. The summed E-state index contributed by atoms with van der Waals surface area (Å²) in [7, 11) is 4.04. The van der Waals surface area contributed by atoms with E-state index in [1.54, 1.807) is 0 Å². The van der Waals surface area contributed by atoms with Crippen LogP contribution in [0.3, 0.4) is 0 Å². The van der Waals surface area contributed by atoms with E-state index in [-0.39, 0.29) is 24.0 Å². The number of esters is 3. The van der Waals surface area contributed by atoms with Gasteiger partial charge in [-0.3, -0.25) is 14.4 Å². The molecule has 0 aromatic carbocycles. The molecule has 0 spiro atoms. The molecule has 0 heterocycles. The second-order valence-corrected chi connectivity index (χ2v) is 16.9. The Bertz CT molecular complexity index is 785. The molecule has 0 aromatic heterocycles. The van der Waals surface area contributed by atoms with E-state index in [1.165, 1.54) is 12.8 Å². The third kappa shape index (κ3) is 30.0. The van der Waals surface area contributed by atoms with Crippen molar-refractivity contribution in [3.05, 3.63) is 0 Å². The summed E-state index contributed by atoms with van der Waals surface area (Å²) in [5, 5.41) is 0. The summed E-state index contributed by atoms with van der Waals surface area (Å²) in [6.45, 7) is 19.8. The fourth-order valence-electron chi connectivity index (χ4n) is 6.25. The number of nitrogens with zero attached hydrogens (tertiary/aromatic N) is 1. The molecule has 50 heavy (non-hydrogen) atoms. The van der Waals surface area contributed by atoms with E-state index >= 15 is 0 Å². The van der Waals surface area contributed by atoms with Gasteiger partial charge in [-0.15, -0.1) is 0 Å². The Hall–Kier alpha value is -1.63. The van der Waals surface area contributed by atoms with Crippen LogP contribution in [0.25, 0.3) is 0 Å². The molecular weight excluding hydrogens is 626 g/mol. The molecule has 7 heteroatoms. The van der Waals surface area contributed by atoms with Crippen LogP contribution in [-0.4, -0.2) is 62.8 Å². The van der Waals surface area contributed by atoms with Gasteiger partial charge in [0.05, 0.1) is 13.2 Å². The van der Waals surface area contributed by atoms with Gasteiger partial charge in [-0.25, -0.2) is 0 Å². The van der Waals surface area contributed by atoms with Crippen LogP contribution in [0.15, 0.2) is 0 Å². The van der Waals surface area contributed by atoms with E-state index in [0.29, 0.717) is 68.0 Å². The Morgan fingerprint density at radius 1 is 0.460 bits per heavy atom. The Morgan fingerprint density at radius 2 is 0.840 bits per heavy atom. The second-order valence-electron chi connectivity index (χ2n) is 16.9. The lowest BCUT2D eigenvalue weighted by Gasteiger charge is -2.21. The number of hydrogen-bond acceptors (Lipinski definition) is 7. The highest BCUT2D eigenvalue weighted by Gasteiger charge is 2.18. The van der Waals surface area contributed by atoms with E-state index < -0.39 is 0 Å². The molecule has 0 rings (SSSR count). The van der Waals surface area contributed by atoms with Crippen molar-refractivity contribution in [1.29, 1.82) is 0 Å². The highest BCUT2D eigenvalue weighted by molar-refractivity contribution is 5.70. The molecule has 0 saturated carbocycles. The summed E-state index contributed by atoms with van der Waals surface area (Å²) in [6, 6.07) is 0. The summed E-state index contributed by atoms with van der Waals surface area (Å²) in [5.41, 5.74) is 0. The summed E-state index contributed by atoms with van der Waals surface area (Å²) < 4.78 is 17.2. The third-order valence-electron chi connectivity index (χ3n) is 10.1. The Labute approximate surface area is 310 Å². The molecule has 2 atom stereocenters. The maximum Gasteiger partial charge on any atom is 0.306 e. The van der Waals surface area contributed by atoms with Crippen molar-refractivity contribution in [1.82, 2.24) is 4.90 Å². The lowest BCUT2D eigenvalue weighted by Crippen LogP contribution is -2.20. The van der Waals surface area contributed by atoms with E-state index in [9.17, 15) is 14.4 Å². The topological polar surface area (TPSA) is 82.1 Å². The number of rotatable bonds is 33. The molecule has 0 amide bonds. The van der Waals surface area contributed by atoms with Gasteiger partial charge >= 0.3 is 17.9 Å². The van der Waals surface area contributed by atoms with E-state index in [0.717, 1.165) is 103 Å². The van der Waals surface area contributed by atoms with Crippen LogP contribution in [0, 0.1) is 35.5 Å². The quantitative estimate of drug-likeness (QED) is 0.0381. The molecule has 2 unspecified atom stereocenters. The molecule has 0 radical (unpaired) electrons. The Morgan fingerprint density at radius 3 is 1.22 bits per heavy atom. The van der Waals surface area contributed by atoms with Gasteiger partial charge in [0.2, 0.25) is 0 Å². The van der Waals surface area contributed by atoms with Crippen molar-refractivity contribution in [2.24, 2.45) is 35.5 Å². The largest absolute Gasteiger partial charge is 0.465 e. The molecule has 0 fully saturated rings. The predicted octanol–water partition coefficient (Wildman–Crippen LogP) is 11.2. The van der Waals surface area contributed by atoms with Gasteiger partial charge in [0.1, 0.15) is 6.10 Å². The fourth-order valence-corrected chi connectivity index (χ4v) is 6.25. The van der Waals surface area contributed by atoms with Crippen LogP contribution in [0.1, 0.15) is 184 Å². The van der Waals surface area contributed by atoms with Crippen molar-refractivity contribution < 1.29 is 28.6 Å². The lowest BCUT2D eigenvalue weighted by atomic mass is 9.89. The maximum atomic E-state index is 12.6. The zero-order chi connectivity index (χ0) is 37.7. The summed E-state index contributed by atoms with van der Waals surface area (Å²) >= 11 is 0. The van der Waals surface area contributed by atoms with Gasteiger partial charge < -0.3 is 19.1 Å². The van der Waals surface area contributed by atoms with Gasteiger partial charge in [-0.2, -0.15) is 0 Å². The number of ether oxygens (including phenoxy) is 3. The summed E-state index contributed by atoms with van der Waals surface area (Å²) in [5.74, 6) is 3.08. The predicted molar refractivity (Wildman–Crippen MR) is 209 cm³/mol. The zero-order valence-corrected chi connectivity index (χ0v) is 34.7. The van der Waals surface area contributed by atoms with E-state index in [4.69, 9.17) is 14.2 Å². The van der Waals surface area contributed by atoms with Gasteiger partial charge in [0.25, 0.3) is 0 Å². The first kappa shape index (κ1) is 48.4. The van der Waals surface area contributed by atoms with Crippen molar-refractivity contribution in [3.63, 3.8) is 0 Å². The number of carbonyl (C=O) groups is 3. The molecular formula is C43H83NO6. The molecule has 0 aliphatic heterocycles. The summed E-state index contributed by atoms with van der Waals surface area (Å²) in [4.78, 5) is 39.3. The molecule has 0 aromatic rings. The Balaban J connectivity index is 4.37. The summed E-state index contributed by atoms with van der Waals surface area (Å²) in [6.07, 6.45) is 18.8. The van der Waals surface area contributed by atoms with Gasteiger partial charge in [-0.1, -0.05) is 107 Å². The van der Waals surface area contributed by atoms with Crippen LogP contribution in [0.5, 0.6) is 0 Å². The van der Waals surface area contributed by atoms with Crippen LogP contribution >= 0.6 is 0 Å². The van der Waals surface area contributed by atoms with Crippen molar-refractivity contribution in [2.45, 2.75) is 190 Å². The average Bonchev–Trinajstić information content (AvgIpc) is 3.02. The SMILES string of the molecule is CC(C)CCC(COC(=O)CCCCCCCC(CCCCCCCC(=O)OCC(CCC(C)C)C(C)C)OC(=O)CCCN(C)C)C(C)C. The highest BCUT2D eigenvalue weighted by atomic mass is 16.5. The molecule has 0 saturated heterocycles. The molecule has 0 aliphatic rings. The molecule has 296 valence electrons. The van der Waals surface area contributed by atoms with E-state index in [2.05, 4.69) is 60.3 Å². The average molecular weight is 710 g/mol. The Kier molecular flexibility index (Phi) is 29.9. The van der Waals surface area contributed by atoms with Crippen molar-refractivity contribution in [2.75, 3.05) is 33.9 Å². The first-order chi connectivity index (χ1) is 23.7. The zero-order valence-electron chi connectivity index (χ0n) is 34.7. The minimum Gasteiger partial charge on any atom is -0.465 e. The first-order valence-electron chi connectivity index (χ1n) is 20.9. The van der Waals surface area contributed by atoms with Crippen LogP contribution < -0.4 is 0 Å². The molecule has 0 N–H and O–H groups in total. The molecule has 0 aliphatic carbocycles. The fraction of sp³-hybridized carbons (Fsp3) is 0.930. The molecule has 7 nitrogen and oxygen atoms in total. The van der Waals surface area contributed by atoms with Crippen LogP contribution in [0.2, 0.25) is 0 Å².